The highest BCUT2D eigenvalue weighted by Crippen LogP contribution is 2.53. The molecule has 0 fully saturated rings. The largest absolute Gasteiger partial charge is 0.508 e. The number of para-hydroxylation sites is 2. The Morgan fingerprint density at radius 2 is 1.28 bits per heavy atom. The molecule has 0 saturated carbocycles. The van der Waals surface area contributed by atoms with Crippen LogP contribution in [0.5, 0.6) is 23.0 Å². The lowest BCUT2D eigenvalue weighted by Crippen LogP contribution is -2.36. The van der Waals surface area contributed by atoms with E-state index in [9.17, 15) is 20.1 Å². The molecule has 3 N–H and O–H groups in total. The third kappa shape index (κ3) is 1.99. The van der Waals surface area contributed by atoms with E-state index in [-0.39, 0.29) is 23.0 Å². The molecule has 25 heavy (non-hydrogen) atoms. The van der Waals surface area contributed by atoms with Crippen LogP contribution in [-0.4, -0.2) is 21.3 Å². The number of benzene rings is 3. The fourth-order valence-corrected chi connectivity index (χ4v) is 3.43. The van der Waals surface area contributed by atoms with Crippen LogP contribution in [0.1, 0.15) is 16.7 Å². The molecule has 0 aliphatic carbocycles. The van der Waals surface area contributed by atoms with Gasteiger partial charge in [-0.2, -0.15) is 0 Å². The van der Waals surface area contributed by atoms with Gasteiger partial charge in [0.1, 0.15) is 23.0 Å². The SMILES string of the molecule is O=C1Oc2cc(O)ccc2C1(c1ccccc1O)c1ccccc1O. The summed E-state index contributed by atoms with van der Waals surface area (Å²) in [5.41, 5.74) is -0.491. The van der Waals surface area contributed by atoms with E-state index in [4.69, 9.17) is 4.74 Å². The van der Waals surface area contributed by atoms with Crippen LogP contribution in [-0.2, 0) is 10.2 Å². The number of carbonyl (C=O) groups is 1. The molecule has 0 radical (unpaired) electrons. The van der Waals surface area contributed by atoms with Gasteiger partial charge in [0.2, 0.25) is 0 Å². The molecule has 4 rings (SSSR count). The Hall–Kier alpha value is -3.47. The molecule has 1 aliphatic rings. The topological polar surface area (TPSA) is 87.0 Å². The molecule has 0 aromatic heterocycles. The second-order valence-electron chi connectivity index (χ2n) is 5.85. The first-order chi connectivity index (χ1) is 12.0. The highest BCUT2D eigenvalue weighted by Gasteiger charge is 2.54. The van der Waals surface area contributed by atoms with Crippen LogP contribution in [0.2, 0.25) is 0 Å². The predicted molar refractivity (Wildman–Crippen MR) is 89.8 cm³/mol. The maximum atomic E-state index is 13.0. The molecule has 0 amide bonds. The van der Waals surface area contributed by atoms with Crippen molar-refractivity contribution >= 4 is 5.97 Å². The van der Waals surface area contributed by atoms with Gasteiger partial charge in [0, 0.05) is 22.8 Å². The van der Waals surface area contributed by atoms with Gasteiger partial charge in [-0.25, -0.2) is 4.79 Å². The van der Waals surface area contributed by atoms with Crippen molar-refractivity contribution in [1.82, 2.24) is 0 Å². The van der Waals surface area contributed by atoms with E-state index in [1.807, 2.05) is 0 Å². The van der Waals surface area contributed by atoms with Crippen LogP contribution in [0.4, 0.5) is 0 Å². The lowest BCUT2D eigenvalue weighted by atomic mass is 9.69. The summed E-state index contributed by atoms with van der Waals surface area (Å²) in [6.45, 7) is 0. The van der Waals surface area contributed by atoms with Crippen molar-refractivity contribution in [3.05, 3.63) is 83.4 Å². The van der Waals surface area contributed by atoms with E-state index in [1.54, 1.807) is 42.5 Å². The Morgan fingerprint density at radius 1 is 0.720 bits per heavy atom. The van der Waals surface area contributed by atoms with Gasteiger partial charge >= 0.3 is 5.97 Å². The summed E-state index contributed by atoms with van der Waals surface area (Å²) in [4.78, 5) is 13.0. The van der Waals surface area contributed by atoms with Gasteiger partial charge in [-0.15, -0.1) is 0 Å². The smallest absolute Gasteiger partial charge is 0.331 e. The van der Waals surface area contributed by atoms with Crippen molar-refractivity contribution in [1.29, 1.82) is 0 Å². The van der Waals surface area contributed by atoms with E-state index < -0.39 is 11.4 Å². The average molecular weight is 334 g/mol. The number of phenolic OH excluding ortho intramolecular Hbond substituents is 3. The minimum atomic E-state index is -1.53. The Balaban J connectivity index is 2.15. The number of phenols is 3. The molecule has 0 atom stereocenters. The van der Waals surface area contributed by atoms with E-state index in [2.05, 4.69) is 0 Å². The molecule has 0 spiro atoms. The number of carbonyl (C=O) groups excluding carboxylic acids is 1. The van der Waals surface area contributed by atoms with Crippen LogP contribution >= 0.6 is 0 Å². The Morgan fingerprint density at radius 3 is 1.84 bits per heavy atom. The summed E-state index contributed by atoms with van der Waals surface area (Å²) in [6.07, 6.45) is 0. The third-order valence-corrected chi connectivity index (χ3v) is 4.49. The Bertz CT molecular complexity index is 947. The first kappa shape index (κ1) is 15.1. The molecule has 3 aromatic rings. The molecule has 5 nitrogen and oxygen atoms in total. The maximum absolute atomic E-state index is 13.0. The van der Waals surface area contributed by atoms with Crippen LogP contribution in [0.3, 0.4) is 0 Å². The number of fused-ring (bicyclic) bond motifs is 1. The minimum absolute atomic E-state index is 0.0445. The summed E-state index contributed by atoms with van der Waals surface area (Å²) in [7, 11) is 0. The highest BCUT2D eigenvalue weighted by atomic mass is 16.5. The van der Waals surface area contributed by atoms with Crippen molar-refractivity contribution < 1.29 is 24.9 Å². The van der Waals surface area contributed by atoms with Crippen LogP contribution in [0, 0.1) is 0 Å². The molecule has 0 saturated heterocycles. The fourth-order valence-electron chi connectivity index (χ4n) is 3.43. The van der Waals surface area contributed by atoms with Crippen molar-refractivity contribution in [3.8, 4) is 23.0 Å². The summed E-state index contributed by atoms with van der Waals surface area (Å²) in [6, 6.07) is 17.2. The first-order valence-corrected chi connectivity index (χ1v) is 7.68. The zero-order chi connectivity index (χ0) is 17.6. The molecular formula is C20H14O5. The molecule has 1 aliphatic heterocycles. The van der Waals surface area contributed by atoms with E-state index in [0.717, 1.165) is 0 Å². The monoisotopic (exact) mass is 334 g/mol. The van der Waals surface area contributed by atoms with Crippen molar-refractivity contribution in [3.63, 3.8) is 0 Å². The molecule has 1 heterocycles. The molecule has 5 heteroatoms. The van der Waals surface area contributed by atoms with Crippen LogP contribution in [0.25, 0.3) is 0 Å². The zero-order valence-corrected chi connectivity index (χ0v) is 13.0. The Kier molecular flexibility index (Phi) is 3.18. The van der Waals surface area contributed by atoms with Crippen LogP contribution in [0.15, 0.2) is 66.7 Å². The quantitative estimate of drug-likeness (QED) is 0.495. The normalized spacial score (nSPS) is 14.8. The van der Waals surface area contributed by atoms with Gasteiger partial charge in [0.15, 0.2) is 5.41 Å². The zero-order valence-electron chi connectivity index (χ0n) is 13.0. The average Bonchev–Trinajstić information content (AvgIpc) is 2.87. The molecule has 0 bridgehead atoms. The van der Waals surface area contributed by atoms with Gasteiger partial charge < -0.3 is 20.1 Å². The summed E-state index contributed by atoms with van der Waals surface area (Å²) < 4.78 is 5.40. The van der Waals surface area contributed by atoms with E-state index in [0.29, 0.717) is 16.7 Å². The second-order valence-corrected chi connectivity index (χ2v) is 5.85. The van der Waals surface area contributed by atoms with Crippen molar-refractivity contribution in [2.24, 2.45) is 0 Å². The number of aromatic hydroxyl groups is 3. The maximum Gasteiger partial charge on any atom is 0.331 e. The molecule has 3 aromatic carbocycles. The molecule has 0 unspecified atom stereocenters. The molecule has 124 valence electrons. The van der Waals surface area contributed by atoms with Gasteiger partial charge in [-0.05, 0) is 24.3 Å². The minimum Gasteiger partial charge on any atom is -0.508 e. The van der Waals surface area contributed by atoms with Gasteiger partial charge in [-0.1, -0.05) is 36.4 Å². The van der Waals surface area contributed by atoms with Crippen molar-refractivity contribution in [2.75, 3.05) is 0 Å². The van der Waals surface area contributed by atoms with Crippen LogP contribution < -0.4 is 4.74 Å². The lowest BCUT2D eigenvalue weighted by Gasteiger charge is -2.28. The number of hydrogen-bond acceptors (Lipinski definition) is 5. The molecular weight excluding hydrogens is 320 g/mol. The second kappa shape index (κ2) is 5.27. The summed E-state index contributed by atoms with van der Waals surface area (Å²) in [5, 5.41) is 30.6. The predicted octanol–water partition coefficient (Wildman–Crippen LogP) is 3.06. The first-order valence-electron chi connectivity index (χ1n) is 7.68. The highest BCUT2D eigenvalue weighted by molar-refractivity contribution is 5.99. The van der Waals surface area contributed by atoms with E-state index >= 15 is 0 Å². The Labute approximate surface area is 143 Å². The van der Waals surface area contributed by atoms with Gasteiger partial charge in [0.25, 0.3) is 0 Å². The number of rotatable bonds is 2. The van der Waals surface area contributed by atoms with E-state index in [1.165, 1.54) is 24.3 Å². The number of esters is 1. The summed E-state index contributed by atoms with van der Waals surface area (Å²) in [5.74, 6) is -0.697. The third-order valence-electron chi connectivity index (χ3n) is 4.49. The summed E-state index contributed by atoms with van der Waals surface area (Å²) >= 11 is 0. The number of ether oxygens (including phenoxy) is 1. The standard InChI is InChI=1S/C20H14O5/c21-12-9-10-15-18(11-12)25-19(24)20(15,13-5-1-3-7-16(13)22)14-6-2-4-8-17(14)23/h1-11,21-23H. The van der Waals surface area contributed by atoms with Crippen molar-refractivity contribution in [2.45, 2.75) is 5.41 Å². The number of hydrogen-bond donors (Lipinski definition) is 3. The van der Waals surface area contributed by atoms with Gasteiger partial charge in [0.05, 0.1) is 0 Å². The lowest BCUT2D eigenvalue weighted by molar-refractivity contribution is -0.135. The fraction of sp³-hybridized carbons (Fsp3) is 0.0500. The van der Waals surface area contributed by atoms with Gasteiger partial charge in [-0.3, -0.25) is 0 Å².